The number of hydrogen-bond donors (Lipinski definition) is 0. The first-order chi connectivity index (χ1) is 12.1. The molecule has 5 nitrogen and oxygen atoms in total. The number of hydrogen-bond acceptors (Lipinski definition) is 5. The van der Waals surface area contributed by atoms with Gasteiger partial charge in [0, 0.05) is 12.3 Å². The Bertz CT molecular complexity index is 804. The van der Waals surface area contributed by atoms with E-state index in [0.717, 1.165) is 17.1 Å². The quantitative estimate of drug-likeness (QED) is 0.768. The van der Waals surface area contributed by atoms with E-state index < -0.39 is 10.0 Å². The van der Waals surface area contributed by atoms with Crippen molar-refractivity contribution in [1.82, 2.24) is 4.31 Å². The van der Waals surface area contributed by atoms with Gasteiger partial charge in [0.05, 0.1) is 24.0 Å². The molecule has 1 heterocycles. The lowest BCUT2D eigenvalue weighted by Crippen LogP contribution is -2.30. The van der Waals surface area contributed by atoms with Gasteiger partial charge in [0.2, 0.25) is 10.0 Å². The third-order valence-corrected chi connectivity index (χ3v) is 7.26. The molecule has 0 radical (unpaired) electrons. The molecule has 3 rings (SSSR count). The highest BCUT2D eigenvalue weighted by Crippen LogP contribution is 2.41. The van der Waals surface area contributed by atoms with Crippen molar-refractivity contribution in [3.05, 3.63) is 54.1 Å². The van der Waals surface area contributed by atoms with Gasteiger partial charge in [-0.25, -0.2) is 8.42 Å². The average Bonchev–Trinajstić information content (AvgIpc) is 3.13. The summed E-state index contributed by atoms with van der Waals surface area (Å²) in [6, 6.07) is 14.2. The van der Waals surface area contributed by atoms with Crippen LogP contribution in [0.2, 0.25) is 0 Å². The zero-order chi connectivity index (χ0) is 17.9. The Labute approximate surface area is 153 Å². The standard InChI is InChI=1S/C18H21NO4S2/c1-3-23-16-8-10-17(11-9-16)25(20,21)19-12-13-24-18(19)14-4-6-15(22-2)7-5-14/h4-11,18H,3,12-13H2,1-2H3. The number of ether oxygens (including phenoxy) is 2. The van der Waals surface area contributed by atoms with Crippen molar-refractivity contribution in [1.29, 1.82) is 0 Å². The zero-order valence-electron chi connectivity index (χ0n) is 14.2. The maximum absolute atomic E-state index is 13.1. The average molecular weight is 380 g/mol. The Balaban J connectivity index is 1.86. The summed E-state index contributed by atoms with van der Waals surface area (Å²) in [7, 11) is -1.94. The molecule has 0 bridgehead atoms. The van der Waals surface area contributed by atoms with Crippen molar-refractivity contribution < 1.29 is 17.9 Å². The highest BCUT2D eigenvalue weighted by Gasteiger charge is 2.36. The summed E-state index contributed by atoms with van der Waals surface area (Å²) >= 11 is 1.63. The first kappa shape index (κ1) is 18.1. The molecule has 1 atom stereocenters. The van der Waals surface area contributed by atoms with E-state index in [1.54, 1.807) is 47.4 Å². The summed E-state index contributed by atoms with van der Waals surface area (Å²) in [5.41, 5.74) is 0.956. The predicted octanol–water partition coefficient (Wildman–Crippen LogP) is 3.53. The minimum atomic E-state index is -3.56. The fourth-order valence-corrected chi connectivity index (χ4v) is 5.98. The molecule has 0 aromatic heterocycles. The Morgan fingerprint density at radius 2 is 1.72 bits per heavy atom. The van der Waals surface area contributed by atoms with E-state index in [-0.39, 0.29) is 10.3 Å². The molecule has 1 aliphatic heterocycles. The molecule has 0 aliphatic carbocycles. The van der Waals surface area contributed by atoms with E-state index in [2.05, 4.69) is 0 Å². The van der Waals surface area contributed by atoms with Crippen LogP contribution in [0.1, 0.15) is 17.9 Å². The smallest absolute Gasteiger partial charge is 0.244 e. The van der Waals surface area contributed by atoms with Crippen LogP contribution in [0.15, 0.2) is 53.4 Å². The Hall–Kier alpha value is -1.70. The first-order valence-electron chi connectivity index (χ1n) is 8.06. The number of benzene rings is 2. The highest BCUT2D eigenvalue weighted by atomic mass is 32.2. The third-order valence-electron chi connectivity index (χ3n) is 3.99. The SMILES string of the molecule is CCOc1ccc(S(=O)(=O)N2CCSC2c2ccc(OC)cc2)cc1. The van der Waals surface area contributed by atoms with E-state index >= 15 is 0 Å². The summed E-state index contributed by atoms with van der Waals surface area (Å²) < 4.78 is 38.2. The molecule has 0 spiro atoms. The van der Waals surface area contributed by atoms with Crippen LogP contribution in [0.25, 0.3) is 0 Å². The second kappa shape index (κ2) is 7.68. The molecular weight excluding hydrogens is 358 g/mol. The van der Waals surface area contributed by atoms with Gasteiger partial charge in [0.15, 0.2) is 0 Å². The van der Waals surface area contributed by atoms with Gasteiger partial charge in [0.1, 0.15) is 11.5 Å². The second-order valence-electron chi connectivity index (χ2n) is 5.52. The van der Waals surface area contributed by atoms with Gasteiger partial charge in [-0.05, 0) is 48.9 Å². The molecule has 25 heavy (non-hydrogen) atoms. The van der Waals surface area contributed by atoms with Gasteiger partial charge in [-0.3, -0.25) is 0 Å². The van der Waals surface area contributed by atoms with Crippen LogP contribution in [0.5, 0.6) is 11.5 Å². The van der Waals surface area contributed by atoms with E-state index in [9.17, 15) is 8.42 Å². The van der Waals surface area contributed by atoms with Gasteiger partial charge in [-0.1, -0.05) is 12.1 Å². The molecular formula is C18H21NO4S2. The molecule has 134 valence electrons. The van der Waals surface area contributed by atoms with Gasteiger partial charge in [0.25, 0.3) is 0 Å². The molecule has 1 fully saturated rings. The van der Waals surface area contributed by atoms with Crippen molar-refractivity contribution in [2.45, 2.75) is 17.2 Å². The number of methoxy groups -OCH3 is 1. The van der Waals surface area contributed by atoms with Crippen molar-refractivity contribution in [2.24, 2.45) is 0 Å². The monoisotopic (exact) mass is 379 g/mol. The Morgan fingerprint density at radius 3 is 2.32 bits per heavy atom. The Kier molecular flexibility index (Phi) is 5.56. The van der Waals surface area contributed by atoms with Gasteiger partial charge in [-0.15, -0.1) is 11.8 Å². The number of sulfonamides is 1. The van der Waals surface area contributed by atoms with Crippen LogP contribution in [-0.2, 0) is 10.0 Å². The maximum atomic E-state index is 13.1. The van der Waals surface area contributed by atoms with Crippen molar-refractivity contribution in [3.63, 3.8) is 0 Å². The van der Waals surface area contributed by atoms with E-state index in [1.165, 1.54) is 0 Å². The van der Waals surface area contributed by atoms with E-state index in [4.69, 9.17) is 9.47 Å². The lowest BCUT2D eigenvalue weighted by molar-refractivity contribution is 0.340. The molecule has 1 saturated heterocycles. The molecule has 1 aliphatic rings. The van der Waals surface area contributed by atoms with Gasteiger partial charge < -0.3 is 9.47 Å². The predicted molar refractivity (Wildman–Crippen MR) is 99.7 cm³/mol. The van der Waals surface area contributed by atoms with Crippen LogP contribution >= 0.6 is 11.8 Å². The van der Waals surface area contributed by atoms with Gasteiger partial charge >= 0.3 is 0 Å². The van der Waals surface area contributed by atoms with Crippen LogP contribution < -0.4 is 9.47 Å². The molecule has 0 N–H and O–H groups in total. The van der Waals surface area contributed by atoms with Crippen molar-refractivity contribution >= 4 is 21.8 Å². The van der Waals surface area contributed by atoms with Crippen molar-refractivity contribution in [3.8, 4) is 11.5 Å². The first-order valence-corrected chi connectivity index (χ1v) is 10.6. The zero-order valence-corrected chi connectivity index (χ0v) is 15.8. The maximum Gasteiger partial charge on any atom is 0.244 e. The summed E-state index contributed by atoms with van der Waals surface area (Å²) in [6.45, 7) is 2.94. The summed E-state index contributed by atoms with van der Waals surface area (Å²) in [6.07, 6.45) is 0. The fraction of sp³-hybridized carbons (Fsp3) is 0.333. The largest absolute Gasteiger partial charge is 0.497 e. The van der Waals surface area contributed by atoms with Crippen LogP contribution in [-0.4, -0.2) is 38.7 Å². The summed E-state index contributed by atoms with van der Waals surface area (Å²) in [5, 5.41) is -0.220. The number of rotatable bonds is 6. The second-order valence-corrected chi connectivity index (χ2v) is 8.60. The molecule has 2 aromatic rings. The highest BCUT2D eigenvalue weighted by molar-refractivity contribution is 8.01. The summed E-state index contributed by atoms with van der Waals surface area (Å²) in [4.78, 5) is 0.289. The molecule has 2 aromatic carbocycles. The minimum Gasteiger partial charge on any atom is -0.497 e. The van der Waals surface area contributed by atoms with Crippen LogP contribution in [0.3, 0.4) is 0 Å². The van der Waals surface area contributed by atoms with Gasteiger partial charge in [-0.2, -0.15) is 4.31 Å². The topological polar surface area (TPSA) is 55.8 Å². The lowest BCUT2D eigenvalue weighted by Gasteiger charge is -2.23. The number of nitrogens with zero attached hydrogens (tertiary/aromatic N) is 1. The normalized spacial score (nSPS) is 18.2. The molecule has 7 heteroatoms. The summed E-state index contributed by atoms with van der Waals surface area (Å²) in [5.74, 6) is 2.20. The number of thioether (sulfide) groups is 1. The lowest BCUT2D eigenvalue weighted by atomic mass is 10.2. The van der Waals surface area contributed by atoms with E-state index in [0.29, 0.717) is 18.9 Å². The van der Waals surface area contributed by atoms with Crippen LogP contribution in [0, 0.1) is 0 Å². The van der Waals surface area contributed by atoms with Crippen LogP contribution in [0.4, 0.5) is 0 Å². The fourth-order valence-electron chi connectivity index (χ4n) is 2.74. The molecule has 1 unspecified atom stereocenters. The Morgan fingerprint density at radius 1 is 1.08 bits per heavy atom. The minimum absolute atomic E-state index is 0.220. The van der Waals surface area contributed by atoms with Crippen molar-refractivity contribution in [2.75, 3.05) is 26.0 Å². The van der Waals surface area contributed by atoms with E-state index in [1.807, 2.05) is 31.2 Å². The molecule has 0 amide bonds. The third kappa shape index (κ3) is 3.78. The molecule has 0 saturated carbocycles.